The van der Waals surface area contributed by atoms with Gasteiger partial charge in [-0.3, -0.25) is 4.99 Å². The van der Waals surface area contributed by atoms with E-state index in [2.05, 4.69) is 86.1 Å². The van der Waals surface area contributed by atoms with Crippen LogP contribution < -0.4 is 0 Å². The van der Waals surface area contributed by atoms with Gasteiger partial charge >= 0.3 is 0 Å². The Morgan fingerprint density at radius 2 is 1.45 bits per heavy atom. The first-order chi connectivity index (χ1) is 16.1. The Hall–Kier alpha value is -3.91. The molecule has 0 N–H and O–H groups in total. The summed E-state index contributed by atoms with van der Waals surface area (Å²) in [7, 11) is 0. The van der Waals surface area contributed by atoms with Crippen LogP contribution in [0.1, 0.15) is 29.2 Å². The molecule has 0 unspecified atom stereocenters. The zero-order valence-corrected chi connectivity index (χ0v) is 19.4. The summed E-state index contributed by atoms with van der Waals surface area (Å²) >= 11 is 0. The first kappa shape index (κ1) is 21.0. The molecule has 2 heteroatoms. The van der Waals surface area contributed by atoms with E-state index in [0.29, 0.717) is 0 Å². The molecule has 5 rings (SSSR count). The first-order valence-electron chi connectivity index (χ1n) is 11.3. The largest absolute Gasteiger partial charge is 0.471 e. The zero-order valence-electron chi connectivity index (χ0n) is 19.4. The van der Waals surface area contributed by atoms with Crippen LogP contribution in [0.3, 0.4) is 0 Å². The van der Waals surface area contributed by atoms with Crippen molar-refractivity contribution in [2.45, 2.75) is 27.2 Å². The van der Waals surface area contributed by atoms with Gasteiger partial charge in [-0.25, -0.2) is 0 Å². The van der Waals surface area contributed by atoms with E-state index in [1.54, 1.807) is 0 Å². The van der Waals surface area contributed by atoms with Crippen molar-refractivity contribution < 1.29 is 4.42 Å². The number of nitrogens with zero attached hydrogens (tertiary/aromatic N) is 1. The third-order valence-corrected chi connectivity index (χ3v) is 6.51. The Morgan fingerprint density at radius 3 is 2.15 bits per heavy atom. The molecule has 0 radical (unpaired) electrons. The monoisotopic (exact) mass is 429 g/mol. The highest BCUT2D eigenvalue weighted by Gasteiger charge is 2.21. The van der Waals surface area contributed by atoms with Crippen molar-refractivity contribution in [2.24, 2.45) is 4.99 Å². The molecule has 162 valence electrons. The van der Waals surface area contributed by atoms with Crippen LogP contribution in [-0.4, -0.2) is 6.21 Å². The molecule has 1 aromatic heterocycles. The molecule has 33 heavy (non-hydrogen) atoms. The van der Waals surface area contributed by atoms with Crippen LogP contribution in [0.2, 0.25) is 0 Å². The number of fused-ring (bicyclic) bond motifs is 1. The fraction of sp³-hybridized carbons (Fsp3) is 0.129. The number of hydrogen-bond donors (Lipinski definition) is 0. The van der Waals surface area contributed by atoms with E-state index in [9.17, 15) is 0 Å². The maximum atomic E-state index is 5.73. The van der Waals surface area contributed by atoms with Gasteiger partial charge in [0.1, 0.15) is 0 Å². The number of furan rings is 1. The zero-order chi connectivity index (χ0) is 22.9. The summed E-state index contributed by atoms with van der Waals surface area (Å²) < 4.78 is 5.73. The molecule has 0 aliphatic heterocycles. The topological polar surface area (TPSA) is 25.5 Å². The van der Waals surface area contributed by atoms with Crippen LogP contribution in [0.5, 0.6) is 0 Å². The number of benzene rings is 3. The Kier molecular flexibility index (Phi) is 5.43. The lowest BCUT2D eigenvalue weighted by Crippen LogP contribution is -1.90. The molecule has 0 fully saturated rings. The number of allylic oxidation sites excluding steroid dienone is 2. The van der Waals surface area contributed by atoms with Crippen LogP contribution in [0, 0.1) is 13.8 Å². The standard InChI is InChI=1S/C31H27NO/c1-5-22-15-23-13-14-25(17-28(23)31(22)32-6-2)30-19-33-18-29(30)24-12-11-21(4)27(16-24)26-10-8-7-9-20(26)3/h5-14,16-19H,1,15H2,2-4H3. The summed E-state index contributed by atoms with van der Waals surface area (Å²) in [4.78, 5) is 4.64. The minimum atomic E-state index is 0.877. The van der Waals surface area contributed by atoms with Crippen molar-refractivity contribution in [2.75, 3.05) is 0 Å². The van der Waals surface area contributed by atoms with Gasteiger partial charge in [-0.05, 0) is 77.4 Å². The lowest BCUT2D eigenvalue weighted by Gasteiger charge is -2.12. The van der Waals surface area contributed by atoms with Gasteiger partial charge in [0.05, 0.1) is 18.2 Å². The fourth-order valence-electron chi connectivity index (χ4n) is 4.73. The summed E-state index contributed by atoms with van der Waals surface area (Å²) in [5, 5.41) is 0. The van der Waals surface area contributed by atoms with E-state index in [-0.39, 0.29) is 0 Å². The molecule has 0 saturated carbocycles. The van der Waals surface area contributed by atoms with Gasteiger partial charge in [0.25, 0.3) is 0 Å². The normalized spacial score (nSPS) is 13.1. The van der Waals surface area contributed by atoms with Crippen LogP contribution in [-0.2, 0) is 6.42 Å². The van der Waals surface area contributed by atoms with Crippen LogP contribution in [0.25, 0.3) is 39.1 Å². The SMILES string of the molecule is C=CC1=C(N=CC)c2cc(-c3cocc3-c3ccc(C)c(-c4ccccc4C)c3)ccc2C1. The fourth-order valence-corrected chi connectivity index (χ4v) is 4.73. The summed E-state index contributed by atoms with van der Waals surface area (Å²) in [5.74, 6) is 0. The summed E-state index contributed by atoms with van der Waals surface area (Å²) in [6, 6.07) is 21.8. The molecule has 1 aliphatic rings. The Bertz CT molecular complexity index is 1430. The molecular weight excluding hydrogens is 402 g/mol. The van der Waals surface area contributed by atoms with Crippen molar-refractivity contribution >= 4 is 11.9 Å². The highest BCUT2D eigenvalue weighted by atomic mass is 16.3. The van der Waals surface area contributed by atoms with Crippen molar-refractivity contribution in [3.05, 3.63) is 114 Å². The Labute approximate surface area is 195 Å². The van der Waals surface area contributed by atoms with Crippen molar-refractivity contribution in [1.29, 1.82) is 0 Å². The van der Waals surface area contributed by atoms with E-state index in [1.807, 2.05) is 31.7 Å². The highest BCUT2D eigenvalue weighted by Crippen LogP contribution is 2.40. The van der Waals surface area contributed by atoms with E-state index >= 15 is 0 Å². The van der Waals surface area contributed by atoms with Gasteiger partial charge in [0.15, 0.2) is 0 Å². The first-order valence-corrected chi connectivity index (χ1v) is 11.3. The third kappa shape index (κ3) is 3.68. The Morgan fingerprint density at radius 1 is 0.788 bits per heavy atom. The predicted octanol–water partition coefficient (Wildman–Crippen LogP) is 8.44. The minimum Gasteiger partial charge on any atom is -0.471 e. The van der Waals surface area contributed by atoms with E-state index < -0.39 is 0 Å². The molecular formula is C31H27NO. The second kappa shape index (κ2) is 8.55. The molecule has 3 aromatic carbocycles. The molecule has 0 spiro atoms. The second-order valence-corrected chi connectivity index (χ2v) is 8.56. The van der Waals surface area contributed by atoms with E-state index in [4.69, 9.17) is 4.42 Å². The highest BCUT2D eigenvalue weighted by molar-refractivity contribution is 5.89. The summed E-state index contributed by atoms with van der Waals surface area (Å²) in [6.07, 6.45) is 8.35. The smallest absolute Gasteiger partial charge is 0.0987 e. The van der Waals surface area contributed by atoms with Crippen molar-refractivity contribution in [3.8, 4) is 33.4 Å². The van der Waals surface area contributed by atoms with Crippen LogP contribution >= 0.6 is 0 Å². The lowest BCUT2D eigenvalue weighted by molar-refractivity contribution is 0.569. The number of hydrogen-bond acceptors (Lipinski definition) is 2. The van der Waals surface area contributed by atoms with Gasteiger partial charge in [0, 0.05) is 29.3 Å². The molecule has 1 aliphatic carbocycles. The average molecular weight is 430 g/mol. The average Bonchev–Trinajstić information content (AvgIpc) is 3.45. The van der Waals surface area contributed by atoms with Gasteiger partial charge in [-0.15, -0.1) is 0 Å². The van der Waals surface area contributed by atoms with Crippen LogP contribution in [0.15, 0.2) is 101 Å². The second-order valence-electron chi connectivity index (χ2n) is 8.56. The predicted molar refractivity (Wildman–Crippen MR) is 139 cm³/mol. The minimum absolute atomic E-state index is 0.877. The van der Waals surface area contributed by atoms with Crippen molar-refractivity contribution in [1.82, 2.24) is 0 Å². The molecule has 0 amide bonds. The maximum absolute atomic E-state index is 5.73. The van der Waals surface area contributed by atoms with Gasteiger partial charge in [0.2, 0.25) is 0 Å². The van der Waals surface area contributed by atoms with Gasteiger partial charge in [-0.2, -0.15) is 0 Å². The number of aryl methyl sites for hydroxylation is 2. The molecule has 2 nitrogen and oxygen atoms in total. The summed E-state index contributed by atoms with van der Waals surface area (Å²) in [5.41, 5.74) is 14.2. The lowest BCUT2D eigenvalue weighted by atomic mass is 9.91. The molecule has 1 heterocycles. The van der Waals surface area contributed by atoms with Crippen LogP contribution in [0.4, 0.5) is 0 Å². The molecule has 0 saturated heterocycles. The van der Waals surface area contributed by atoms with Gasteiger partial charge < -0.3 is 4.42 Å². The van der Waals surface area contributed by atoms with Gasteiger partial charge in [-0.1, -0.05) is 61.2 Å². The molecule has 0 bridgehead atoms. The Balaban J connectivity index is 1.61. The maximum Gasteiger partial charge on any atom is 0.0987 e. The quantitative estimate of drug-likeness (QED) is 0.292. The summed E-state index contributed by atoms with van der Waals surface area (Å²) in [6.45, 7) is 10.3. The molecule has 0 atom stereocenters. The number of aliphatic imine (C=N–C) groups is 1. The van der Waals surface area contributed by atoms with E-state index in [1.165, 1.54) is 39.0 Å². The third-order valence-electron chi connectivity index (χ3n) is 6.51. The number of rotatable bonds is 5. The molecule has 4 aromatic rings. The van der Waals surface area contributed by atoms with E-state index in [0.717, 1.165) is 34.4 Å². The van der Waals surface area contributed by atoms with Crippen molar-refractivity contribution in [3.63, 3.8) is 0 Å².